The molecule has 0 bridgehead atoms. The van der Waals surface area contributed by atoms with E-state index in [0.717, 1.165) is 23.0 Å². The quantitative estimate of drug-likeness (QED) is 0.259. The van der Waals surface area contributed by atoms with Gasteiger partial charge < -0.3 is 4.79 Å². The van der Waals surface area contributed by atoms with Gasteiger partial charge in [0.15, 0.2) is 5.78 Å². The van der Waals surface area contributed by atoms with Crippen molar-refractivity contribution >= 4 is 12.1 Å². The molecule has 0 fully saturated rings. The Balaban J connectivity index is 4.78. The first-order chi connectivity index (χ1) is 11.6. The van der Waals surface area contributed by atoms with Gasteiger partial charge in [-0.05, 0) is 47.6 Å². The molecule has 0 aromatic carbocycles. The standard InChI is InChI=1S/C23H30O2/c1-9-16(2)14-17(3)10-11-23(25)20(6)15-19(5)22(8)21(7)18(4)12-13-24/h9-11,13-14,19-20H,1-2,4,7-8,12,15H2,3,5-6H3/b11-10+,17-14+/t19-,20+/m0/s1. The Bertz CT molecular complexity index is 641. The largest absolute Gasteiger partial charge is 0.303 e. The number of carbonyl (C=O) groups is 2. The van der Waals surface area contributed by atoms with Crippen molar-refractivity contribution < 1.29 is 9.59 Å². The van der Waals surface area contributed by atoms with E-state index in [4.69, 9.17) is 0 Å². The van der Waals surface area contributed by atoms with Gasteiger partial charge in [-0.3, -0.25) is 4.79 Å². The number of ketones is 1. The van der Waals surface area contributed by atoms with Crippen molar-refractivity contribution in [3.63, 3.8) is 0 Å². The molecule has 0 rings (SSSR count). The summed E-state index contributed by atoms with van der Waals surface area (Å²) in [7, 11) is 0. The molecule has 2 atom stereocenters. The third-order valence-electron chi connectivity index (χ3n) is 4.12. The fourth-order valence-corrected chi connectivity index (χ4v) is 2.31. The average Bonchev–Trinajstić information content (AvgIpc) is 2.57. The van der Waals surface area contributed by atoms with Crippen molar-refractivity contribution in [3.05, 3.63) is 85.1 Å². The zero-order valence-corrected chi connectivity index (χ0v) is 15.8. The van der Waals surface area contributed by atoms with E-state index in [1.807, 2.05) is 26.8 Å². The Hall–Kier alpha value is -2.48. The van der Waals surface area contributed by atoms with E-state index in [9.17, 15) is 9.59 Å². The number of hydrogen-bond donors (Lipinski definition) is 0. The summed E-state index contributed by atoms with van der Waals surface area (Å²) in [6.07, 6.45) is 8.65. The van der Waals surface area contributed by atoms with Gasteiger partial charge in [0.2, 0.25) is 0 Å². The fourth-order valence-electron chi connectivity index (χ4n) is 2.31. The lowest BCUT2D eigenvalue weighted by Crippen LogP contribution is -2.14. The van der Waals surface area contributed by atoms with Gasteiger partial charge in [-0.1, -0.05) is 70.5 Å². The van der Waals surface area contributed by atoms with Crippen LogP contribution in [-0.2, 0) is 9.59 Å². The Labute approximate surface area is 152 Å². The normalized spacial score (nSPS) is 13.8. The lowest BCUT2D eigenvalue weighted by atomic mass is 9.84. The third-order valence-corrected chi connectivity index (χ3v) is 4.12. The van der Waals surface area contributed by atoms with Gasteiger partial charge in [0.1, 0.15) is 6.29 Å². The maximum atomic E-state index is 12.3. The van der Waals surface area contributed by atoms with Crippen LogP contribution >= 0.6 is 0 Å². The molecule has 0 aliphatic heterocycles. The first kappa shape index (κ1) is 22.5. The summed E-state index contributed by atoms with van der Waals surface area (Å²) in [6.45, 7) is 25.2. The summed E-state index contributed by atoms with van der Waals surface area (Å²) >= 11 is 0. The van der Waals surface area contributed by atoms with Gasteiger partial charge in [0, 0.05) is 12.3 Å². The summed E-state index contributed by atoms with van der Waals surface area (Å²) in [5.41, 5.74) is 3.96. The monoisotopic (exact) mass is 338 g/mol. The molecule has 0 aliphatic carbocycles. The van der Waals surface area contributed by atoms with Crippen LogP contribution in [0.1, 0.15) is 33.6 Å². The first-order valence-corrected chi connectivity index (χ1v) is 8.35. The van der Waals surface area contributed by atoms with Crippen LogP contribution < -0.4 is 0 Å². The summed E-state index contributed by atoms with van der Waals surface area (Å²) in [5, 5.41) is 0. The van der Waals surface area contributed by atoms with E-state index in [0.29, 0.717) is 17.6 Å². The van der Waals surface area contributed by atoms with E-state index in [1.165, 1.54) is 0 Å². The summed E-state index contributed by atoms with van der Waals surface area (Å²) in [6, 6.07) is 0. The smallest absolute Gasteiger partial charge is 0.158 e. The molecule has 0 saturated heterocycles. The van der Waals surface area contributed by atoms with Crippen LogP contribution in [0.2, 0.25) is 0 Å². The van der Waals surface area contributed by atoms with E-state index in [2.05, 4.69) is 32.9 Å². The molecule has 0 aromatic heterocycles. The molecule has 25 heavy (non-hydrogen) atoms. The van der Waals surface area contributed by atoms with E-state index in [1.54, 1.807) is 18.2 Å². The highest BCUT2D eigenvalue weighted by atomic mass is 16.1. The second-order valence-electron chi connectivity index (χ2n) is 6.42. The number of aldehydes is 1. The molecule has 134 valence electrons. The minimum Gasteiger partial charge on any atom is -0.303 e. The highest BCUT2D eigenvalue weighted by Crippen LogP contribution is 2.28. The highest BCUT2D eigenvalue weighted by molar-refractivity contribution is 5.91. The van der Waals surface area contributed by atoms with E-state index in [-0.39, 0.29) is 24.0 Å². The number of carbonyl (C=O) groups excluding carboxylic acids is 2. The van der Waals surface area contributed by atoms with Crippen LogP contribution in [0.3, 0.4) is 0 Å². The average molecular weight is 338 g/mol. The molecule has 0 spiro atoms. The minimum absolute atomic E-state index is 0.0638. The molecule has 0 amide bonds. The first-order valence-electron chi connectivity index (χ1n) is 8.35. The number of allylic oxidation sites excluding steroid dienone is 9. The second-order valence-corrected chi connectivity index (χ2v) is 6.42. The predicted octanol–water partition coefficient (Wildman–Crippen LogP) is 5.72. The van der Waals surface area contributed by atoms with Gasteiger partial charge in [0.05, 0.1) is 0 Å². The van der Waals surface area contributed by atoms with Crippen molar-refractivity contribution in [2.45, 2.75) is 33.6 Å². The molecule has 0 unspecified atom stereocenters. The highest BCUT2D eigenvalue weighted by Gasteiger charge is 2.18. The summed E-state index contributed by atoms with van der Waals surface area (Å²) < 4.78 is 0. The molecule has 0 saturated carbocycles. The topological polar surface area (TPSA) is 34.1 Å². The summed E-state index contributed by atoms with van der Waals surface area (Å²) in [4.78, 5) is 22.9. The zero-order valence-electron chi connectivity index (χ0n) is 15.8. The van der Waals surface area contributed by atoms with E-state index >= 15 is 0 Å². The van der Waals surface area contributed by atoms with Crippen molar-refractivity contribution in [2.75, 3.05) is 0 Å². The molecule has 2 nitrogen and oxygen atoms in total. The van der Waals surface area contributed by atoms with Crippen molar-refractivity contribution in [2.24, 2.45) is 11.8 Å². The molecule has 0 radical (unpaired) electrons. The Morgan fingerprint density at radius 3 is 2.16 bits per heavy atom. The molecule has 0 aliphatic rings. The number of rotatable bonds is 12. The van der Waals surface area contributed by atoms with Crippen LogP contribution in [-0.4, -0.2) is 12.1 Å². The van der Waals surface area contributed by atoms with Crippen molar-refractivity contribution in [3.8, 4) is 0 Å². The van der Waals surface area contributed by atoms with Crippen molar-refractivity contribution in [1.82, 2.24) is 0 Å². The maximum absolute atomic E-state index is 12.3. The van der Waals surface area contributed by atoms with Gasteiger partial charge in [-0.25, -0.2) is 0 Å². The van der Waals surface area contributed by atoms with Gasteiger partial charge in [-0.2, -0.15) is 0 Å². The molecule has 0 aromatic rings. The van der Waals surface area contributed by atoms with Gasteiger partial charge in [-0.15, -0.1) is 0 Å². The molecule has 2 heteroatoms. The minimum atomic E-state index is -0.134. The lowest BCUT2D eigenvalue weighted by Gasteiger charge is -2.20. The summed E-state index contributed by atoms with van der Waals surface area (Å²) in [5.74, 6) is 0.0138. The molecule has 0 heterocycles. The molecular weight excluding hydrogens is 308 g/mol. The molecule has 0 N–H and O–H groups in total. The Kier molecular flexibility index (Phi) is 10.0. The second kappa shape index (κ2) is 11.1. The van der Waals surface area contributed by atoms with Crippen molar-refractivity contribution in [1.29, 1.82) is 0 Å². The fraction of sp³-hybridized carbons (Fsp3) is 0.304. The maximum Gasteiger partial charge on any atom is 0.158 e. The Morgan fingerprint density at radius 1 is 1.04 bits per heavy atom. The van der Waals surface area contributed by atoms with Crippen LogP contribution in [0.25, 0.3) is 0 Å². The van der Waals surface area contributed by atoms with Gasteiger partial charge >= 0.3 is 0 Å². The van der Waals surface area contributed by atoms with Gasteiger partial charge in [0.25, 0.3) is 0 Å². The lowest BCUT2D eigenvalue weighted by molar-refractivity contribution is -0.118. The number of hydrogen-bond acceptors (Lipinski definition) is 2. The predicted molar refractivity (Wildman–Crippen MR) is 108 cm³/mol. The van der Waals surface area contributed by atoms with Crippen LogP contribution in [0, 0.1) is 11.8 Å². The molecular formula is C23H30O2. The SMILES string of the molecule is C=CC(=C)/C=C(C)/C=C/C(=O)[C@H](C)C[C@H](C)C(=C)C(=C)C(=C)CC=O. The van der Waals surface area contributed by atoms with Crippen LogP contribution in [0.5, 0.6) is 0 Å². The Morgan fingerprint density at radius 2 is 1.64 bits per heavy atom. The van der Waals surface area contributed by atoms with Crippen LogP contribution in [0.4, 0.5) is 0 Å². The zero-order chi connectivity index (χ0) is 19.6. The van der Waals surface area contributed by atoms with Crippen LogP contribution in [0.15, 0.2) is 85.1 Å². The third kappa shape index (κ3) is 8.25. The van der Waals surface area contributed by atoms with E-state index < -0.39 is 0 Å².